The second kappa shape index (κ2) is 3.79. The molecule has 0 heterocycles. The highest BCUT2D eigenvalue weighted by atomic mass is 19.4. The van der Waals surface area contributed by atoms with E-state index in [1.54, 1.807) is 0 Å². The third-order valence-corrected chi connectivity index (χ3v) is 1.15. The van der Waals surface area contributed by atoms with Gasteiger partial charge in [-0.1, -0.05) is 0 Å². The molecule has 1 atom stereocenters. The highest BCUT2D eigenvalue weighted by Crippen LogP contribution is 2.40. The number of rotatable bonds is 2. The van der Waals surface area contributed by atoms with Gasteiger partial charge >= 0.3 is 12.1 Å². The summed E-state index contributed by atoms with van der Waals surface area (Å²) in [6.07, 6.45) is -6.07. The first-order valence-electron chi connectivity index (χ1n) is 2.63. The Morgan fingerprint density at radius 1 is 1.17 bits per heavy atom. The molecule has 74 valence electrons. The highest BCUT2D eigenvalue weighted by molar-refractivity contribution is 5.54. The molecule has 7 heteroatoms. The molecule has 0 aromatic carbocycles. The summed E-state index contributed by atoms with van der Waals surface area (Å²) in [5.41, 5.74) is 0. The van der Waals surface area contributed by atoms with Gasteiger partial charge in [-0.3, -0.25) is 0 Å². The van der Waals surface area contributed by atoms with Gasteiger partial charge in [-0.2, -0.15) is 22.0 Å². The van der Waals surface area contributed by atoms with Gasteiger partial charge in [0.2, 0.25) is 0 Å². The fraction of sp³-hybridized carbons (Fsp3) is 0.800. The lowest BCUT2D eigenvalue weighted by Gasteiger charge is -2.21. The number of halogens is 5. The topological polar surface area (TPSA) is 48.6 Å². The highest BCUT2D eigenvalue weighted by Gasteiger charge is 2.60. The maximum Gasteiger partial charge on any atom is 0.454 e. The predicted molar refractivity (Wildman–Crippen MR) is 29.8 cm³/mol. The zero-order valence-corrected chi connectivity index (χ0v) is 5.95. The maximum atomic E-state index is 12.0. The molecule has 2 nitrogen and oxygen atoms in total. The quantitative estimate of drug-likeness (QED) is 0.481. The summed E-state index contributed by atoms with van der Waals surface area (Å²) in [6.45, 7) is 0.514. The van der Waals surface area contributed by atoms with Gasteiger partial charge < -0.3 is 10.3 Å². The molecule has 2 N–H and O–H groups in total. The molecule has 0 aliphatic rings. The zero-order chi connectivity index (χ0) is 9.28. The van der Waals surface area contributed by atoms with Crippen LogP contribution >= 0.6 is 0 Å². The van der Waals surface area contributed by atoms with Crippen LogP contribution in [0.25, 0.3) is 0 Å². The van der Waals surface area contributed by atoms with E-state index in [1.165, 1.54) is 0 Å². The average Bonchev–Trinajstić information content (AvgIpc) is 1.83. The molecule has 0 aromatic heterocycles. The summed E-state index contributed by atoms with van der Waals surface area (Å²) in [4.78, 5) is 9.62. The van der Waals surface area contributed by atoms with Crippen LogP contribution in [0.1, 0.15) is 6.92 Å². The predicted octanol–water partition coefficient (Wildman–Crippen LogP) is 1.19. The van der Waals surface area contributed by atoms with Crippen LogP contribution < -0.4 is 0 Å². The van der Waals surface area contributed by atoms with Crippen molar-refractivity contribution in [3.8, 4) is 0 Å². The van der Waals surface area contributed by atoms with Crippen LogP contribution in [0.5, 0.6) is 0 Å². The summed E-state index contributed by atoms with van der Waals surface area (Å²) >= 11 is 0. The van der Waals surface area contributed by atoms with E-state index in [0.29, 0.717) is 6.92 Å². The Morgan fingerprint density at radius 3 is 1.58 bits per heavy atom. The lowest BCUT2D eigenvalue weighted by atomic mass is 10.1. The van der Waals surface area contributed by atoms with Crippen LogP contribution in [0.15, 0.2) is 0 Å². The molecule has 0 spiro atoms. The lowest BCUT2D eigenvalue weighted by molar-refractivity contribution is -0.295. The van der Waals surface area contributed by atoms with Crippen molar-refractivity contribution in [1.29, 1.82) is 0 Å². The SMILES string of the molecule is CC(C=O)C(F)(F)C(F)(F)F.O. The molecule has 0 saturated heterocycles. The molecule has 0 aromatic rings. The fourth-order valence-corrected chi connectivity index (χ4v) is 0.344. The van der Waals surface area contributed by atoms with Crippen molar-refractivity contribution in [3.05, 3.63) is 0 Å². The smallest absolute Gasteiger partial charge is 0.412 e. The first-order valence-corrected chi connectivity index (χ1v) is 2.63. The number of aldehydes is 1. The zero-order valence-electron chi connectivity index (χ0n) is 5.95. The molecule has 1 unspecified atom stereocenters. The molecule has 0 aliphatic heterocycles. The Hall–Kier alpha value is -0.720. The molecule has 0 fully saturated rings. The van der Waals surface area contributed by atoms with Gasteiger partial charge in [-0.15, -0.1) is 0 Å². The number of alkyl halides is 5. The van der Waals surface area contributed by atoms with E-state index in [0.717, 1.165) is 0 Å². The molecule has 12 heavy (non-hydrogen) atoms. The Balaban J connectivity index is 0. The summed E-state index contributed by atoms with van der Waals surface area (Å²) in [5.74, 6) is -7.25. The van der Waals surface area contributed by atoms with Crippen LogP contribution in [0.4, 0.5) is 22.0 Å². The molecule has 0 bridgehead atoms. The summed E-state index contributed by atoms with van der Waals surface area (Å²) in [5, 5.41) is 0. The molecule has 0 saturated carbocycles. The van der Waals surface area contributed by atoms with Gasteiger partial charge in [0.1, 0.15) is 6.29 Å². The summed E-state index contributed by atoms with van der Waals surface area (Å²) in [6, 6.07) is 0. The number of carbonyl (C=O) groups excluding carboxylic acids is 1. The minimum absolute atomic E-state index is 0. The van der Waals surface area contributed by atoms with E-state index >= 15 is 0 Å². The van der Waals surface area contributed by atoms with Crippen molar-refractivity contribution in [2.24, 2.45) is 5.92 Å². The standard InChI is InChI=1S/C5H5F5O.H2O/c1-3(2-11)4(6,7)5(8,9)10;/h2-3H,1H3;1H2. The van der Waals surface area contributed by atoms with Crippen molar-refractivity contribution >= 4 is 6.29 Å². The van der Waals surface area contributed by atoms with Crippen LogP contribution in [0.2, 0.25) is 0 Å². The first kappa shape index (κ1) is 13.8. The molecule has 0 amide bonds. The third-order valence-electron chi connectivity index (χ3n) is 1.15. The van der Waals surface area contributed by atoms with E-state index < -0.39 is 24.3 Å². The fourth-order valence-electron chi connectivity index (χ4n) is 0.344. The van der Waals surface area contributed by atoms with E-state index in [2.05, 4.69) is 0 Å². The van der Waals surface area contributed by atoms with Crippen LogP contribution in [-0.4, -0.2) is 23.9 Å². The van der Waals surface area contributed by atoms with E-state index in [1.807, 2.05) is 0 Å². The monoisotopic (exact) mass is 194 g/mol. The number of carbonyl (C=O) groups is 1. The van der Waals surface area contributed by atoms with Crippen molar-refractivity contribution in [1.82, 2.24) is 0 Å². The van der Waals surface area contributed by atoms with Gasteiger partial charge in [0.25, 0.3) is 0 Å². The van der Waals surface area contributed by atoms with Gasteiger partial charge in [-0.25, -0.2) is 0 Å². The Morgan fingerprint density at radius 2 is 1.50 bits per heavy atom. The summed E-state index contributed by atoms with van der Waals surface area (Å²) < 4.78 is 58.0. The second-order valence-corrected chi connectivity index (χ2v) is 2.05. The lowest BCUT2D eigenvalue weighted by Crippen LogP contribution is -2.42. The Labute approximate surface area is 64.7 Å². The number of hydrogen-bond acceptors (Lipinski definition) is 1. The molecule has 0 radical (unpaired) electrons. The van der Waals surface area contributed by atoms with Gasteiger partial charge in [-0.05, 0) is 6.92 Å². The van der Waals surface area contributed by atoms with Crippen molar-refractivity contribution < 1.29 is 32.2 Å². The average molecular weight is 194 g/mol. The second-order valence-electron chi connectivity index (χ2n) is 2.05. The van der Waals surface area contributed by atoms with Crippen molar-refractivity contribution in [2.45, 2.75) is 19.0 Å². The van der Waals surface area contributed by atoms with E-state index in [9.17, 15) is 26.7 Å². The van der Waals surface area contributed by atoms with Crippen molar-refractivity contribution in [2.75, 3.05) is 0 Å². The number of hydrogen-bond donors (Lipinski definition) is 0. The van der Waals surface area contributed by atoms with E-state index in [-0.39, 0.29) is 5.48 Å². The Bertz CT molecular complexity index is 152. The molecule has 0 aliphatic carbocycles. The van der Waals surface area contributed by atoms with Crippen LogP contribution in [0.3, 0.4) is 0 Å². The largest absolute Gasteiger partial charge is 0.454 e. The van der Waals surface area contributed by atoms with Gasteiger partial charge in [0, 0.05) is 0 Å². The molecular formula is C5H7F5O2. The third kappa shape index (κ3) is 2.40. The van der Waals surface area contributed by atoms with Crippen LogP contribution in [-0.2, 0) is 4.79 Å². The van der Waals surface area contributed by atoms with Crippen LogP contribution in [0, 0.1) is 5.92 Å². The van der Waals surface area contributed by atoms with Gasteiger partial charge in [0.15, 0.2) is 0 Å². The Kier molecular flexibility index (Phi) is 4.37. The minimum atomic E-state index is -5.65. The summed E-state index contributed by atoms with van der Waals surface area (Å²) in [7, 11) is 0. The maximum absolute atomic E-state index is 12.0. The van der Waals surface area contributed by atoms with Crippen molar-refractivity contribution in [3.63, 3.8) is 0 Å². The molecular weight excluding hydrogens is 187 g/mol. The minimum Gasteiger partial charge on any atom is -0.412 e. The molecule has 0 rings (SSSR count). The van der Waals surface area contributed by atoms with E-state index in [4.69, 9.17) is 0 Å². The van der Waals surface area contributed by atoms with Gasteiger partial charge in [0.05, 0.1) is 5.92 Å². The normalized spacial score (nSPS) is 14.8. The first-order chi connectivity index (χ1) is 4.73.